The SMILES string of the molecule is Nc1ccc(C2CCCCCCC2)c(C2CCCCCCCCC2)c1. The molecule has 1 aromatic carbocycles. The van der Waals surface area contributed by atoms with Gasteiger partial charge in [0.25, 0.3) is 0 Å². The van der Waals surface area contributed by atoms with Gasteiger partial charge in [0.05, 0.1) is 0 Å². The number of anilines is 1. The van der Waals surface area contributed by atoms with Crippen LogP contribution in [0.25, 0.3) is 0 Å². The van der Waals surface area contributed by atoms with E-state index in [1.54, 1.807) is 11.1 Å². The summed E-state index contributed by atoms with van der Waals surface area (Å²) < 4.78 is 0. The minimum atomic E-state index is 0.752. The van der Waals surface area contributed by atoms with Gasteiger partial charge in [-0.05, 0) is 60.8 Å². The Bertz CT molecular complexity index is 489. The number of benzene rings is 1. The summed E-state index contributed by atoms with van der Waals surface area (Å²) in [6, 6.07) is 6.91. The van der Waals surface area contributed by atoms with Gasteiger partial charge in [0.1, 0.15) is 0 Å². The lowest BCUT2D eigenvalue weighted by atomic mass is 9.78. The summed E-state index contributed by atoms with van der Waals surface area (Å²) in [6.07, 6.45) is 22.7. The van der Waals surface area contributed by atoms with Crippen LogP contribution < -0.4 is 5.73 Å². The Labute approximate surface area is 155 Å². The molecule has 3 rings (SSSR count). The second kappa shape index (κ2) is 10.2. The minimum absolute atomic E-state index is 0.752. The van der Waals surface area contributed by atoms with Gasteiger partial charge in [-0.3, -0.25) is 0 Å². The molecule has 2 saturated carbocycles. The molecule has 0 saturated heterocycles. The molecule has 1 nitrogen and oxygen atoms in total. The summed E-state index contributed by atoms with van der Waals surface area (Å²) in [4.78, 5) is 0. The van der Waals surface area contributed by atoms with Gasteiger partial charge in [-0.2, -0.15) is 0 Å². The standard InChI is InChI=1S/C24H39N/c25-22-17-18-23(20-13-9-7-4-8-10-14-20)24(19-22)21-15-11-5-2-1-3-6-12-16-21/h17-21H,1-16,25H2. The molecular weight excluding hydrogens is 302 g/mol. The van der Waals surface area contributed by atoms with Crippen LogP contribution in [-0.4, -0.2) is 0 Å². The van der Waals surface area contributed by atoms with Crippen molar-refractivity contribution in [2.45, 2.75) is 115 Å². The van der Waals surface area contributed by atoms with Crippen LogP contribution in [0, 0.1) is 0 Å². The Hall–Kier alpha value is -0.980. The van der Waals surface area contributed by atoms with Crippen molar-refractivity contribution in [2.24, 2.45) is 0 Å². The molecule has 0 aliphatic heterocycles. The normalized spacial score (nSPS) is 22.9. The van der Waals surface area contributed by atoms with Crippen LogP contribution >= 0.6 is 0 Å². The van der Waals surface area contributed by atoms with Crippen molar-refractivity contribution in [3.05, 3.63) is 29.3 Å². The average Bonchev–Trinajstić information content (AvgIpc) is 2.60. The maximum absolute atomic E-state index is 6.25. The first-order valence-corrected chi connectivity index (χ1v) is 11.2. The average molecular weight is 342 g/mol. The van der Waals surface area contributed by atoms with Gasteiger partial charge in [-0.15, -0.1) is 0 Å². The van der Waals surface area contributed by atoms with E-state index in [2.05, 4.69) is 18.2 Å². The maximum atomic E-state index is 6.25. The van der Waals surface area contributed by atoms with E-state index >= 15 is 0 Å². The van der Waals surface area contributed by atoms with Gasteiger partial charge in [-0.1, -0.05) is 83.1 Å². The van der Waals surface area contributed by atoms with E-state index in [0.717, 1.165) is 17.5 Å². The van der Waals surface area contributed by atoms with E-state index < -0.39 is 0 Å². The maximum Gasteiger partial charge on any atom is 0.0317 e. The molecule has 2 N–H and O–H groups in total. The molecule has 2 aliphatic carbocycles. The van der Waals surface area contributed by atoms with Crippen LogP contribution in [0.15, 0.2) is 18.2 Å². The molecule has 140 valence electrons. The molecule has 0 amide bonds. The molecule has 0 heterocycles. The monoisotopic (exact) mass is 341 g/mol. The van der Waals surface area contributed by atoms with Crippen LogP contribution in [0.2, 0.25) is 0 Å². The number of nitrogens with two attached hydrogens (primary N) is 1. The Kier molecular flexibility index (Phi) is 7.70. The van der Waals surface area contributed by atoms with Crippen molar-refractivity contribution in [3.63, 3.8) is 0 Å². The van der Waals surface area contributed by atoms with Gasteiger partial charge in [0.15, 0.2) is 0 Å². The molecule has 25 heavy (non-hydrogen) atoms. The molecule has 1 heteroatoms. The zero-order valence-corrected chi connectivity index (χ0v) is 16.3. The summed E-state index contributed by atoms with van der Waals surface area (Å²) >= 11 is 0. The van der Waals surface area contributed by atoms with Crippen LogP contribution in [0.3, 0.4) is 0 Å². The van der Waals surface area contributed by atoms with Gasteiger partial charge in [0, 0.05) is 5.69 Å². The van der Waals surface area contributed by atoms with E-state index in [9.17, 15) is 0 Å². The van der Waals surface area contributed by atoms with Crippen molar-refractivity contribution in [2.75, 3.05) is 5.73 Å². The lowest BCUT2D eigenvalue weighted by Crippen LogP contribution is -2.10. The van der Waals surface area contributed by atoms with Crippen molar-refractivity contribution in [3.8, 4) is 0 Å². The first-order chi connectivity index (χ1) is 12.3. The first-order valence-electron chi connectivity index (χ1n) is 11.2. The zero-order valence-electron chi connectivity index (χ0n) is 16.3. The zero-order chi connectivity index (χ0) is 17.3. The summed E-state index contributed by atoms with van der Waals surface area (Å²) in [5.41, 5.74) is 10.5. The Morgan fingerprint density at radius 1 is 0.520 bits per heavy atom. The third-order valence-corrected chi connectivity index (χ3v) is 6.70. The fourth-order valence-corrected chi connectivity index (χ4v) is 5.21. The molecule has 0 atom stereocenters. The summed E-state index contributed by atoms with van der Waals surface area (Å²) in [5.74, 6) is 1.54. The van der Waals surface area contributed by atoms with Gasteiger partial charge in [0.2, 0.25) is 0 Å². The van der Waals surface area contributed by atoms with Gasteiger partial charge in [-0.25, -0.2) is 0 Å². The predicted molar refractivity (Wildman–Crippen MR) is 110 cm³/mol. The Balaban J connectivity index is 1.80. The molecule has 0 bridgehead atoms. The summed E-state index contributed by atoms with van der Waals surface area (Å²) in [5, 5.41) is 0. The lowest BCUT2D eigenvalue weighted by molar-refractivity contribution is 0.438. The largest absolute Gasteiger partial charge is 0.399 e. The number of nitrogen functional groups attached to an aromatic ring is 1. The predicted octanol–water partition coefficient (Wildman–Crippen LogP) is 7.70. The topological polar surface area (TPSA) is 26.0 Å². The van der Waals surface area contributed by atoms with E-state index in [1.807, 2.05) is 0 Å². The van der Waals surface area contributed by atoms with Crippen LogP contribution in [-0.2, 0) is 0 Å². The van der Waals surface area contributed by atoms with Crippen molar-refractivity contribution in [1.82, 2.24) is 0 Å². The number of hydrogen-bond donors (Lipinski definition) is 1. The molecule has 0 unspecified atom stereocenters. The fourth-order valence-electron chi connectivity index (χ4n) is 5.21. The highest BCUT2D eigenvalue weighted by molar-refractivity contribution is 5.47. The lowest BCUT2D eigenvalue weighted by Gasteiger charge is -2.27. The Morgan fingerprint density at radius 3 is 1.40 bits per heavy atom. The highest BCUT2D eigenvalue weighted by atomic mass is 14.5. The van der Waals surface area contributed by atoms with Gasteiger partial charge < -0.3 is 5.73 Å². The molecule has 2 fully saturated rings. The Morgan fingerprint density at radius 2 is 0.920 bits per heavy atom. The fraction of sp³-hybridized carbons (Fsp3) is 0.750. The second-order valence-electron chi connectivity index (χ2n) is 8.68. The van der Waals surface area contributed by atoms with Crippen LogP contribution in [0.1, 0.15) is 126 Å². The molecule has 1 aromatic rings. The highest BCUT2D eigenvalue weighted by Crippen LogP contribution is 2.39. The third-order valence-electron chi connectivity index (χ3n) is 6.70. The molecule has 0 spiro atoms. The number of rotatable bonds is 2. The second-order valence-corrected chi connectivity index (χ2v) is 8.68. The highest BCUT2D eigenvalue weighted by Gasteiger charge is 2.22. The van der Waals surface area contributed by atoms with Crippen molar-refractivity contribution < 1.29 is 0 Å². The van der Waals surface area contributed by atoms with Crippen molar-refractivity contribution >= 4 is 5.69 Å². The van der Waals surface area contributed by atoms with E-state index in [0.29, 0.717) is 0 Å². The third kappa shape index (κ3) is 5.76. The van der Waals surface area contributed by atoms with E-state index in [4.69, 9.17) is 5.73 Å². The summed E-state index contributed by atoms with van der Waals surface area (Å²) in [6.45, 7) is 0. The van der Waals surface area contributed by atoms with E-state index in [-0.39, 0.29) is 0 Å². The minimum Gasteiger partial charge on any atom is -0.399 e. The van der Waals surface area contributed by atoms with Crippen LogP contribution in [0.4, 0.5) is 5.69 Å². The quantitative estimate of drug-likeness (QED) is 0.548. The molecular formula is C24H39N. The molecule has 2 aliphatic rings. The number of hydrogen-bond acceptors (Lipinski definition) is 1. The van der Waals surface area contributed by atoms with Crippen LogP contribution in [0.5, 0.6) is 0 Å². The van der Waals surface area contributed by atoms with E-state index in [1.165, 1.54) is 103 Å². The van der Waals surface area contributed by atoms with Gasteiger partial charge >= 0.3 is 0 Å². The molecule has 0 aromatic heterocycles. The van der Waals surface area contributed by atoms with Crippen molar-refractivity contribution in [1.29, 1.82) is 0 Å². The first kappa shape index (κ1) is 18.8. The molecule has 0 radical (unpaired) electrons. The summed E-state index contributed by atoms with van der Waals surface area (Å²) in [7, 11) is 0. The smallest absolute Gasteiger partial charge is 0.0317 e.